The summed E-state index contributed by atoms with van der Waals surface area (Å²) in [6, 6.07) is 12.5. The van der Waals surface area contributed by atoms with Crippen LogP contribution >= 0.6 is 23.2 Å². The largest absolute Gasteiger partial charge is 0.459 e. The molecule has 0 aliphatic carbocycles. The van der Waals surface area contributed by atoms with Gasteiger partial charge in [-0.1, -0.05) is 75.0 Å². The maximum absolute atomic E-state index is 15.7. The molecule has 0 bridgehead atoms. The van der Waals surface area contributed by atoms with Gasteiger partial charge in [0, 0.05) is 27.6 Å². The predicted molar refractivity (Wildman–Crippen MR) is 143 cm³/mol. The number of hydrogen-bond acceptors (Lipinski definition) is 4. The molecule has 2 aromatic rings. The number of nitrogens with zero attached hydrogens (tertiary/aromatic N) is 1. The Morgan fingerprint density at radius 3 is 2.28 bits per heavy atom. The van der Waals surface area contributed by atoms with Gasteiger partial charge in [-0.2, -0.15) is 5.26 Å². The Balaban J connectivity index is 2.33. The third-order valence-corrected chi connectivity index (χ3v) is 8.06. The third-order valence-electron chi connectivity index (χ3n) is 7.59. The van der Waals surface area contributed by atoms with Gasteiger partial charge in [0.2, 0.25) is 0 Å². The van der Waals surface area contributed by atoms with Crippen molar-refractivity contribution in [3.8, 4) is 6.07 Å². The van der Waals surface area contributed by atoms with Crippen molar-refractivity contribution in [2.24, 2.45) is 5.41 Å². The van der Waals surface area contributed by atoms with Crippen LogP contribution in [0.1, 0.15) is 77.8 Å². The van der Waals surface area contributed by atoms with E-state index < -0.39 is 40.8 Å². The number of nitriles is 1. The highest BCUT2D eigenvalue weighted by Gasteiger charge is 2.61. The molecule has 0 aromatic heterocycles. The van der Waals surface area contributed by atoms with Crippen LogP contribution in [0.2, 0.25) is 10.0 Å². The summed E-state index contributed by atoms with van der Waals surface area (Å²) in [6.45, 7) is 11.8. The van der Waals surface area contributed by atoms with Gasteiger partial charge in [0.15, 0.2) is 0 Å². The molecule has 0 amide bonds. The Morgan fingerprint density at radius 1 is 1.11 bits per heavy atom. The second-order valence-electron chi connectivity index (χ2n) is 11.1. The first-order valence-corrected chi connectivity index (χ1v) is 13.2. The van der Waals surface area contributed by atoms with E-state index in [-0.39, 0.29) is 16.0 Å². The molecule has 1 aliphatic rings. The first-order valence-electron chi connectivity index (χ1n) is 12.4. The highest BCUT2D eigenvalue weighted by atomic mass is 35.5. The number of nitrogens with one attached hydrogen (secondary N) is 1. The summed E-state index contributed by atoms with van der Waals surface area (Å²) in [6.07, 6.45) is 2.29. The zero-order valence-corrected chi connectivity index (χ0v) is 23.3. The minimum absolute atomic E-state index is 0.135. The third kappa shape index (κ3) is 5.57. The Kier molecular flexibility index (Phi) is 8.45. The Hall–Kier alpha value is -2.13. The zero-order valence-electron chi connectivity index (χ0n) is 21.8. The first-order chi connectivity index (χ1) is 16.8. The van der Waals surface area contributed by atoms with E-state index in [1.54, 1.807) is 51.1 Å². The number of carbonyl (C=O) groups excluding carboxylic acids is 1. The molecule has 4 nitrogen and oxygen atoms in total. The molecule has 1 heterocycles. The fourth-order valence-corrected chi connectivity index (χ4v) is 5.65. The van der Waals surface area contributed by atoms with E-state index in [1.807, 2.05) is 6.07 Å². The van der Waals surface area contributed by atoms with Crippen molar-refractivity contribution in [1.29, 1.82) is 5.26 Å². The molecule has 0 unspecified atom stereocenters. The number of hydrogen-bond donors (Lipinski definition) is 1. The number of benzene rings is 2. The molecule has 3 rings (SSSR count). The lowest BCUT2D eigenvalue weighted by atomic mass is 9.62. The minimum atomic E-state index is -1.42. The predicted octanol–water partition coefficient (Wildman–Crippen LogP) is 7.58. The average Bonchev–Trinajstić information content (AvgIpc) is 3.12. The minimum Gasteiger partial charge on any atom is -0.459 e. The van der Waals surface area contributed by atoms with Gasteiger partial charge in [0.05, 0.1) is 6.07 Å². The lowest BCUT2D eigenvalue weighted by Crippen LogP contribution is -2.45. The molecule has 0 spiro atoms. The zero-order chi connectivity index (χ0) is 26.9. The molecule has 194 valence electrons. The average molecular weight is 534 g/mol. The van der Waals surface area contributed by atoms with Crippen LogP contribution in [0.25, 0.3) is 0 Å². The van der Waals surface area contributed by atoms with Crippen LogP contribution in [0.5, 0.6) is 0 Å². The van der Waals surface area contributed by atoms with Gasteiger partial charge in [0.25, 0.3) is 0 Å². The standard InChI is InChI=1S/C29H35Cl2FN2O2/c1-7-28(6,8-2)16-23-29(17-33,21-13-12-20(31)15-22(21)32)24(18-10-9-11-19(30)14-18)25(34-23)26(35)36-27(3,4)5/h9-15,23-25,34H,7-8,16H2,1-6H3/t23-,24-,25+,29-/m0/s1. The van der Waals surface area contributed by atoms with E-state index in [4.69, 9.17) is 27.9 Å². The molecule has 0 saturated carbocycles. The van der Waals surface area contributed by atoms with Gasteiger partial charge in [-0.25, -0.2) is 4.39 Å². The molecular weight excluding hydrogens is 498 g/mol. The number of rotatable bonds is 7. The molecule has 1 aliphatic heterocycles. The Morgan fingerprint density at radius 2 is 1.75 bits per heavy atom. The molecular formula is C29H35Cl2FN2O2. The summed E-state index contributed by atoms with van der Waals surface area (Å²) >= 11 is 12.5. The van der Waals surface area contributed by atoms with Gasteiger partial charge in [-0.3, -0.25) is 10.1 Å². The fourth-order valence-electron chi connectivity index (χ4n) is 5.29. The molecule has 1 fully saturated rings. The van der Waals surface area contributed by atoms with Crippen molar-refractivity contribution >= 4 is 29.2 Å². The monoisotopic (exact) mass is 532 g/mol. The summed E-state index contributed by atoms with van der Waals surface area (Å²) in [5.74, 6) is -1.82. The van der Waals surface area contributed by atoms with E-state index in [2.05, 4.69) is 32.2 Å². The van der Waals surface area contributed by atoms with Crippen LogP contribution in [-0.4, -0.2) is 23.7 Å². The van der Waals surface area contributed by atoms with E-state index in [9.17, 15) is 10.1 Å². The van der Waals surface area contributed by atoms with E-state index in [0.29, 0.717) is 17.0 Å². The SMILES string of the molecule is CCC(C)(CC)C[C@@H]1N[C@@H](C(=O)OC(C)(C)C)[C@H](c2cccc(Cl)c2)[C@@]1(C#N)c1ccc(Cl)cc1F. The summed E-state index contributed by atoms with van der Waals surface area (Å²) in [5.41, 5.74) is -1.43. The highest BCUT2D eigenvalue weighted by Crippen LogP contribution is 2.53. The molecule has 1 N–H and O–H groups in total. The van der Waals surface area contributed by atoms with Gasteiger partial charge in [-0.05, 0) is 62.4 Å². The van der Waals surface area contributed by atoms with Crippen LogP contribution < -0.4 is 5.32 Å². The fraction of sp³-hybridized carbons (Fsp3) is 0.517. The van der Waals surface area contributed by atoms with E-state index >= 15 is 4.39 Å². The maximum Gasteiger partial charge on any atom is 0.324 e. The first kappa shape index (κ1) is 28.4. The molecule has 36 heavy (non-hydrogen) atoms. The quantitative estimate of drug-likeness (QED) is 0.373. The lowest BCUT2D eigenvalue weighted by molar-refractivity contribution is -0.157. The Labute approximate surface area is 224 Å². The number of ether oxygens (including phenoxy) is 1. The summed E-state index contributed by atoms with van der Waals surface area (Å²) < 4.78 is 21.5. The second-order valence-corrected chi connectivity index (χ2v) is 12.0. The van der Waals surface area contributed by atoms with Crippen molar-refractivity contribution in [2.75, 3.05) is 0 Å². The summed E-state index contributed by atoms with van der Waals surface area (Å²) in [7, 11) is 0. The normalized spacial score (nSPS) is 24.4. The molecule has 0 radical (unpaired) electrons. The number of esters is 1. The number of carbonyl (C=O) groups is 1. The lowest BCUT2D eigenvalue weighted by Gasteiger charge is -2.39. The van der Waals surface area contributed by atoms with Crippen molar-refractivity contribution in [1.82, 2.24) is 5.32 Å². The number of halogens is 3. The van der Waals surface area contributed by atoms with E-state index in [1.165, 1.54) is 6.07 Å². The molecule has 4 atom stereocenters. The van der Waals surface area contributed by atoms with Gasteiger partial charge >= 0.3 is 5.97 Å². The molecule has 7 heteroatoms. The smallest absolute Gasteiger partial charge is 0.324 e. The summed E-state index contributed by atoms with van der Waals surface area (Å²) in [4.78, 5) is 13.6. The van der Waals surface area contributed by atoms with Crippen molar-refractivity contribution in [3.05, 3.63) is 69.5 Å². The highest BCUT2D eigenvalue weighted by molar-refractivity contribution is 6.30. The Bertz CT molecular complexity index is 1150. The van der Waals surface area contributed by atoms with Crippen LogP contribution in [0.4, 0.5) is 4.39 Å². The molecule has 2 aromatic carbocycles. The van der Waals surface area contributed by atoms with Crippen LogP contribution in [0.3, 0.4) is 0 Å². The van der Waals surface area contributed by atoms with Crippen molar-refractivity contribution < 1.29 is 13.9 Å². The van der Waals surface area contributed by atoms with Gasteiger partial charge in [0.1, 0.15) is 22.9 Å². The van der Waals surface area contributed by atoms with Gasteiger partial charge in [-0.15, -0.1) is 0 Å². The summed E-state index contributed by atoms with van der Waals surface area (Å²) in [5, 5.41) is 15.1. The van der Waals surface area contributed by atoms with Crippen LogP contribution in [-0.2, 0) is 14.9 Å². The topological polar surface area (TPSA) is 62.1 Å². The van der Waals surface area contributed by atoms with Crippen molar-refractivity contribution in [3.63, 3.8) is 0 Å². The van der Waals surface area contributed by atoms with Crippen LogP contribution in [0, 0.1) is 22.6 Å². The van der Waals surface area contributed by atoms with Crippen molar-refractivity contribution in [2.45, 2.75) is 89.8 Å². The van der Waals surface area contributed by atoms with Gasteiger partial charge < -0.3 is 4.74 Å². The second kappa shape index (κ2) is 10.7. The van der Waals surface area contributed by atoms with Crippen LogP contribution in [0.15, 0.2) is 42.5 Å². The molecule has 1 saturated heterocycles. The maximum atomic E-state index is 15.7. The van der Waals surface area contributed by atoms with E-state index in [0.717, 1.165) is 12.8 Å².